The predicted molar refractivity (Wildman–Crippen MR) is 81.1 cm³/mol. The third-order valence-electron chi connectivity index (χ3n) is 4.57. The van der Waals surface area contributed by atoms with E-state index in [-0.39, 0.29) is 0 Å². The first kappa shape index (κ1) is 12.2. The first-order valence-corrected chi connectivity index (χ1v) is 7.57. The third kappa shape index (κ3) is 1.98. The average Bonchev–Trinajstić information content (AvgIpc) is 3.17. The van der Waals surface area contributed by atoms with E-state index in [0.717, 1.165) is 37.5 Å². The molecule has 1 aromatic carbocycles. The van der Waals surface area contributed by atoms with Crippen LogP contribution in [0.3, 0.4) is 0 Å². The normalized spacial score (nSPS) is 27.3. The minimum atomic E-state index is 0.498. The number of hydrogen-bond acceptors (Lipinski definition) is 4. The topological polar surface area (TPSA) is 56.0 Å². The molecule has 0 spiro atoms. The summed E-state index contributed by atoms with van der Waals surface area (Å²) in [4.78, 5) is 2.48. The van der Waals surface area contributed by atoms with Gasteiger partial charge in [0.15, 0.2) is 5.82 Å². The van der Waals surface area contributed by atoms with Crippen LogP contribution in [0.5, 0.6) is 0 Å². The van der Waals surface area contributed by atoms with Crippen LogP contribution in [0.1, 0.15) is 12.8 Å². The van der Waals surface area contributed by atoms with Crippen molar-refractivity contribution in [2.24, 2.45) is 0 Å². The fraction of sp³-hybridized carbons (Fsp3) is 0.533. The van der Waals surface area contributed by atoms with Crippen LogP contribution in [0.4, 0.5) is 5.82 Å². The second kappa shape index (κ2) is 5.07. The molecule has 0 radical (unpaired) electrons. The molecular weight excluding hydrogens is 250 g/mol. The van der Waals surface area contributed by atoms with Crippen molar-refractivity contribution in [3.63, 3.8) is 0 Å². The van der Waals surface area contributed by atoms with Crippen LogP contribution in [-0.4, -0.2) is 48.5 Å². The van der Waals surface area contributed by atoms with Crippen molar-refractivity contribution in [2.75, 3.05) is 31.1 Å². The lowest BCUT2D eigenvalue weighted by molar-refractivity contribution is 0.391. The van der Waals surface area contributed by atoms with E-state index in [1.807, 2.05) is 0 Å². The SMILES string of the molecule is c1ccc2c(N3CCNCC3C3CCCN3)n[nH]c2c1. The molecule has 0 bridgehead atoms. The summed E-state index contributed by atoms with van der Waals surface area (Å²) < 4.78 is 0. The van der Waals surface area contributed by atoms with Crippen LogP contribution in [-0.2, 0) is 0 Å². The maximum Gasteiger partial charge on any atom is 0.158 e. The van der Waals surface area contributed by atoms with E-state index < -0.39 is 0 Å². The standard InChI is InChI=1S/C15H21N5/c1-2-5-12-11(4-1)15(19-18-12)20-9-8-16-10-14(20)13-6-3-7-17-13/h1-2,4-5,13-14,16-17H,3,6-10H2,(H,18,19). The smallest absolute Gasteiger partial charge is 0.158 e. The van der Waals surface area contributed by atoms with Gasteiger partial charge in [0.25, 0.3) is 0 Å². The van der Waals surface area contributed by atoms with Crippen molar-refractivity contribution in [3.05, 3.63) is 24.3 Å². The van der Waals surface area contributed by atoms with Crippen molar-refractivity contribution in [1.82, 2.24) is 20.8 Å². The highest BCUT2D eigenvalue weighted by molar-refractivity contribution is 5.90. The van der Waals surface area contributed by atoms with E-state index in [1.54, 1.807) is 0 Å². The Hall–Kier alpha value is -1.59. The minimum Gasteiger partial charge on any atom is -0.348 e. The van der Waals surface area contributed by atoms with E-state index in [2.05, 4.69) is 50.0 Å². The summed E-state index contributed by atoms with van der Waals surface area (Å²) in [5.74, 6) is 1.11. The molecule has 2 fully saturated rings. The Balaban J connectivity index is 1.70. The van der Waals surface area contributed by atoms with Gasteiger partial charge in [0.05, 0.1) is 11.6 Å². The van der Waals surface area contributed by atoms with Gasteiger partial charge in [0, 0.05) is 31.1 Å². The van der Waals surface area contributed by atoms with Crippen LogP contribution in [0.25, 0.3) is 10.9 Å². The number of rotatable bonds is 2. The minimum absolute atomic E-state index is 0.498. The molecule has 0 amide bonds. The summed E-state index contributed by atoms with van der Waals surface area (Å²) >= 11 is 0. The molecule has 2 saturated heterocycles. The number of aromatic amines is 1. The Morgan fingerprint density at radius 1 is 1.20 bits per heavy atom. The number of hydrogen-bond donors (Lipinski definition) is 3. The highest BCUT2D eigenvalue weighted by atomic mass is 15.3. The number of nitrogens with one attached hydrogen (secondary N) is 3. The zero-order valence-corrected chi connectivity index (χ0v) is 11.6. The number of benzene rings is 1. The molecule has 5 heteroatoms. The van der Waals surface area contributed by atoms with Gasteiger partial charge < -0.3 is 15.5 Å². The Morgan fingerprint density at radius 3 is 3.05 bits per heavy atom. The Labute approximate surface area is 118 Å². The second-order valence-electron chi connectivity index (χ2n) is 5.76. The molecule has 2 atom stereocenters. The molecule has 3 heterocycles. The van der Waals surface area contributed by atoms with E-state index in [0.29, 0.717) is 12.1 Å². The first-order chi connectivity index (χ1) is 9.93. The van der Waals surface area contributed by atoms with E-state index in [4.69, 9.17) is 0 Å². The lowest BCUT2D eigenvalue weighted by atomic mass is 10.0. The summed E-state index contributed by atoms with van der Waals surface area (Å²) in [6, 6.07) is 9.48. The molecule has 2 aliphatic rings. The molecule has 3 N–H and O–H groups in total. The maximum atomic E-state index is 4.59. The second-order valence-corrected chi connectivity index (χ2v) is 5.76. The van der Waals surface area contributed by atoms with Crippen molar-refractivity contribution < 1.29 is 0 Å². The fourth-order valence-electron chi connectivity index (χ4n) is 3.56. The van der Waals surface area contributed by atoms with Crippen LogP contribution in [0.2, 0.25) is 0 Å². The Kier molecular flexibility index (Phi) is 3.09. The van der Waals surface area contributed by atoms with Gasteiger partial charge in [-0.1, -0.05) is 12.1 Å². The summed E-state index contributed by atoms with van der Waals surface area (Å²) in [6.45, 7) is 4.25. The van der Waals surface area contributed by atoms with Gasteiger partial charge in [0.2, 0.25) is 0 Å². The summed E-state index contributed by atoms with van der Waals surface area (Å²) in [5, 5.41) is 16.2. The molecule has 106 valence electrons. The van der Waals surface area contributed by atoms with Crippen molar-refractivity contribution in [3.8, 4) is 0 Å². The van der Waals surface area contributed by atoms with E-state index >= 15 is 0 Å². The quantitative estimate of drug-likeness (QED) is 0.765. The number of aromatic nitrogens is 2. The zero-order chi connectivity index (χ0) is 13.4. The number of piperazine rings is 1. The number of fused-ring (bicyclic) bond motifs is 1. The molecule has 4 rings (SSSR count). The zero-order valence-electron chi connectivity index (χ0n) is 11.6. The predicted octanol–water partition coefficient (Wildman–Crippen LogP) is 1.09. The molecular formula is C15H21N5. The molecule has 2 aliphatic heterocycles. The highest BCUT2D eigenvalue weighted by Crippen LogP contribution is 2.28. The molecule has 0 aliphatic carbocycles. The van der Waals surface area contributed by atoms with Gasteiger partial charge in [-0.15, -0.1) is 0 Å². The fourth-order valence-corrected chi connectivity index (χ4v) is 3.56. The third-order valence-corrected chi connectivity index (χ3v) is 4.57. The first-order valence-electron chi connectivity index (χ1n) is 7.57. The van der Waals surface area contributed by atoms with E-state index in [9.17, 15) is 0 Å². The van der Waals surface area contributed by atoms with Crippen molar-refractivity contribution in [1.29, 1.82) is 0 Å². The molecule has 2 unspecified atom stereocenters. The lowest BCUT2D eigenvalue weighted by Gasteiger charge is -2.40. The van der Waals surface area contributed by atoms with Gasteiger partial charge >= 0.3 is 0 Å². The largest absolute Gasteiger partial charge is 0.348 e. The van der Waals surface area contributed by atoms with Crippen molar-refractivity contribution in [2.45, 2.75) is 24.9 Å². The summed E-state index contributed by atoms with van der Waals surface area (Å²) in [5.41, 5.74) is 1.12. The van der Waals surface area contributed by atoms with Crippen molar-refractivity contribution >= 4 is 16.7 Å². The molecule has 20 heavy (non-hydrogen) atoms. The van der Waals surface area contributed by atoms with Gasteiger partial charge in [-0.05, 0) is 31.5 Å². The summed E-state index contributed by atoms with van der Waals surface area (Å²) in [7, 11) is 0. The van der Waals surface area contributed by atoms with Crippen LogP contribution < -0.4 is 15.5 Å². The van der Waals surface area contributed by atoms with Gasteiger partial charge in [-0.2, -0.15) is 5.10 Å². The van der Waals surface area contributed by atoms with Gasteiger partial charge in [-0.25, -0.2) is 0 Å². The average molecular weight is 271 g/mol. The number of nitrogens with zero attached hydrogens (tertiary/aromatic N) is 2. The molecule has 5 nitrogen and oxygen atoms in total. The van der Waals surface area contributed by atoms with Crippen LogP contribution in [0.15, 0.2) is 24.3 Å². The highest BCUT2D eigenvalue weighted by Gasteiger charge is 2.33. The number of anilines is 1. The molecule has 2 aromatic rings. The van der Waals surface area contributed by atoms with Gasteiger partial charge in [0.1, 0.15) is 0 Å². The maximum absolute atomic E-state index is 4.59. The Bertz CT molecular complexity index is 587. The molecule has 0 saturated carbocycles. The van der Waals surface area contributed by atoms with Crippen LogP contribution >= 0.6 is 0 Å². The summed E-state index contributed by atoms with van der Waals surface area (Å²) in [6.07, 6.45) is 2.56. The van der Waals surface area contributed by atoms with E-state index in [1.165, 1.54) is 18.2 Å². The molecule has 1 aromatic heterocycles. The monoisotopic (exact) mass is 271 g/mol. The number of H-pyrrole nitrogens is 1. The number of para-hydroxylation sites is 1. The van der Waals surface area contributed by atoms with Crippen LogP contribution in [0, 0.1) is 0 Å². The Morgan fingerprint density at radius 2 is 2.15 bits per heavy atom. The lowest BCUT2D eigenvalue weighted by Crippen LogP contribution is -2.58. The van der Waals surface area contributed by atoms with Gasteiger partial charge in [-0.3, -0.25) is 5.10 Å².